The highest BCUT2D eigenvalue weighted by molar-refractivity contribution is 6.01. The van der Waals surface area contributed by atoms with Crippen LogP contribution in [0.2, 0.25) is 0 Å². The number of phenols is 4. The lowest BCUT2D eigenvalue weighted by Gasteiger charge is -2.27. The summed E-state index contributed by atoms with van der Waals surface area (Å²) in [6.07, 6.45) is 2.33. The lowest BCUT2D eigenvalue weighted by Crippen LogP contribution is -2.20. The van der Waals surface area contributed by atoms with E-state index in [0.29, 0.717) is 36.5 Å². The summed E-state index contributed by atoms with van der Waals surface area (Å²) in [6.45, 7) is 0. The van der Waals surface area contributed by atoms with Crippen molar-refractivity contribution in [2.75, 3.05) is 0 Å². The number of carbonyl (C=O) groups is 1. The van der Waals surface area contributed by atoms with Gasteiger partial charge in [0.15, 0.2) is 11.5 Å². The van der Waals surface area contributed by atoms with E-state index in [2.05, 4.69) is 0 Å². The molecule has 1 fully saturated rings. The highest BCUT2D eigenvalue weighted by Gasteiger charge is 2.34. The Morgan fingerprint density at radius 3 is 1.74 bits per heavy atom. The summed E-state index contributed by atoms with van der Waals surface area (Å²) >= 11 is 0. The van der Waals surface area contributed by atoms with Crippen molar-refractivity contribution in [3.8, 4) is 23.0 Å². The van der Waals surface area contributed by atoms with Gasteiger partial charge in [-0.2, -0.15) is 4.42 Å². The van der Waals surface area contributed by atoms with Crippen LogP contribution in [0.1, 0.15) is 37.2 Å². The summed E-state index contributed by atoms with van der Waals surface area (Å²) in [5, 5.41) is 50.6. The lowest BCUT2D eigenvalue weighted by molar-refractivity contribution is -0.142. The molecule has 7 heteroatoms. The number of fused-ring (bicyclic) bond motifs is 2. The average Bonchev–Trinajstić information content (AvgIpc) is 2.66. The maximum absolute atomic E-state index is 11.2. The Balaban J connectivity index is 1.98. The van der Waals surface area contributed by atoms with Crippen LogP contribution >= 0.6 is 0 Å². The van der Waals surface area contributed by atoms with Crippen LogP contribution < -0.4 is 0 Å². The van der Waals surface area contributed by atoms with Crippen molar-refractivity contribution in [2.24, 2.45) is 5.92 Å². The average molecular weight is 371 g/mol. The number of carboxylic acids is 1. The molecule has 0 amide bonds. The first-order valence-corrected chi connectivity index (χ1v) is 8.76. The van der Waals surface area contributed by atoms with Crippen molar-refractivity contribution in [1.29, 1.82) is 0 Å². The second-order valence-electron chi connectivity index (χ2n) is 7.02. The molecule has 0 saturated heterocycles. The third-order valence-corrected chi connectivity index (χ3v) is 5.49. The molecule has 0 spiro atoms. The van der Waals surface area contributed by atoms with Gasteiger partial charge in [0, 0.05) is 0 Å². The summed E-state index contributed by atoms with van der Waals surface area (Å²) in [5.74, 6) is -2.78. The highest BCUT2D eigenvalue weighted by Crippen LogP contribution is 2.48. The van der Waals surface area contributed by atoms with Gasteiger partial charge in [0.05, 0.1) is 16.7 Å². The van der Waals surface area contributed by atoms with Gasteiger partial charge in [-0.1, -0.05) is 0 Å². The van der Waals surface area contributed by atoms with Crippen molar-refractivity contribution < 1.29 is 34.7 Å². The second-order valence-corrected chi connectivity index (χ2v) is 7.02. The predicted molar refractivity (Wildman–Crippen MR) is 97.1 cm³/mol. The minimum Gasteiger partial charge on any atom is -0.504 e. The third kappa shape index (κ3) is 2.66. The van der Waals surface area contributed by atoms with Crippen LogP contribution in [-0.2, 0) is 4.79 Å². The molecule has 4 rings (SSSR count). The smallest absolute Gasteiger partial charge is 0.406 e. The zero-order valence-electron chi connectivity index (χ0n) is 14.3. The zero-order chi connectivity index (χ0) is 19.3. The highest BCUT2D eigenvalue weighted by atomic mass is 16.4. The molecule has 0 bridgehead atoms. The lowest BCUT2D eigenvalue weighted by atomic mass is 9.77. The number of hydrogen-bond donors (Lipinski definition) is 5. The molecular formula is C20H19O7+. The fourth-order valence-corrected chi connectivity index (χ4v) is 4.07. The standard InChI is InChI=1S/C20H18O7/c21-13-7-5-11-15(9-1-3-10(4-2-9)20(25)26)12-6-8-14(22)17(24)19(12)27-18(11)16(13)23/h5-10H,1-4H2,(H4-,21,22,23,24,25,26)/p+1. The first-order valence-electron chi connectivity index (χ1n) is 8.76. The Bertz CT molecular complexity index is 999. The maximum Gasteiger partial charge on any atom is 0.406 e. The van der Waals surface area contributed by atoms with E-state index in [0.717, 1.165) is 5.56 Å². The van der Waals surface area contributed by atoms with E-state index in [-0.39, 0.29) is 34.5 Å². The number of phenolic OH excluding ortho intramolecular Hbond substituents is 4. The number of carboxylic acid groups (broad SMARTS) is 1. The Morgan fingerprint density at radius 1 is 0.815 bits per heavy atom. The van der Waals surface area contributed by atoms with Crippen LogP contribution in [0.15, 0.2) is 28.7 Å². The van der Waals surface area contributed by atoms with Crippen LogP contribution in [0.3, 0.4) is 0 Å². The van der Waals surface area contributed by atoms with Crippen molar-refractivity contribution in [3.63, 3.8) is 0 Å². The molecule has 3 aromatic rings. The van der Waals surface area contributed by atoms with Gasteiger partial charge >= 0.3 is 17.1 Å². The van der Waals surface area contributed by atoms with Gasteiger partial charge in [-0.05, 0) is 61.4 Å². The van der Waals surface area contributed by atoms with Gasteiger partial charge in [-0.25, -0.2) is 0 Å². The van der Waals surface area contributed by atoms with Crippen LogP contribution in [0.5, 0.6) is 23.0 Å². The summed E-state index contributed by atoms with van der Waals surface area (Å²) < 4.78 is 5.65. The summed E-state index contributed by atoms with van der Waals surface area (Å²) in [5.41, 5.74) is 0.832. The van der Waals surface area contributed by atoms with Crippen molar-refractivity contribution in [2.45, 2.75) is 31.6 Å². The van der Waals surface area contributed by atoms with Gasteiger partial charge in [-0.3, -0.25) is 4.79 Å². The van der Waals surface area contributed by atoms with E-state index in [9.17, 15) is 30.3 Å². The quantitative estimate of drug-likeness (QED) is 0.261. The summed E-state index contributed by atoms with van der Waals surface area (Å²) in [6, 6.07) is 6.00. The third-order valence-electron chi connectivity index (χ3n) is 5.49. The number of hydrogen-bond acceptors (Lipinski definition) is 5. The maximum atomic E-state index is 11.2. The SMILES string of the molecule is O=C(O)C1CCC(c2c3ccc(O)c(O)c3[o+]c3c(O)c(O)ccc23)CC1. The number of benzene rings is 2. The molecule has 0 atom stereocenters. The molecule has 0 radical (unpaired) electrons. The molecular weight excluding hydrogens is 352 g/mol. The Morgan fingerprint density at radius 2 is 1.30 bits per heavy atom. The van der Waals surface area contributed by atoms with E-state index in [1.54, 1.807) is 12.1 Å². The second kappa shape index (κ2) is 6.19. The van der Waals surface area contributed by atoms with Crippen LogP contribution in [-0.4, -0.2) is 31.5 Å². The number of aromatic hydroxyl groups is 4. The Labute approximate surface area is 153 Å². The van der Waals surface area contributed by atoms with Crippen LogP contribution in [0, 0.1) is 5.92 Å². The summed E-state index contributed by atoms with van der Waals surface area (Å²) in [7, 11) is 0. The zero-order valence-corrected chi connectivity index (χ0v) is 14.3. The normalized spacial score (nSPS) is 20.1. The number of rotatable bonds is 2. The molecule has 2 aromatic carbocycles. The minimum atomic E-state index is -0.795. The molecule has 1 aliphatic rings. The molecule has 0 unspecified atom stereocenters. The molecule has 1 aromatic heterocycles. The first-order chi connectivity index (χ1) is 12.9. The van der Waals surface area contributed by atoms with Crippen molar-refractivity contribution >= 4 is 27.9 Å². The topological polar surface area (TPSA) is 130 Å². The molecule has 0 aliphatic heterocycles. The van der Waals surface area contributed by atoms with E-state index in [1.807, 2.05) is 0 Å². The van der Waals surface area contributed by atoms with E-state index in [4.69, 9.17) is 4.42 Å². The molecule has 1 aliphatic carbocycles. The van der Waals surface area contributed by atoms with Gasteiger partial charge in [0.25, 0.3) is 11.5 Å². The molecule has 1 heterocycles. The van der Waals surface area contributed by atoms with Crippen LogP contribution in [0.4, 0.5) is 0 Å². The molecule has 27 heavy (non-hydrogen) atoms. The van der Waals surface area contributed by atoms with E-state index >= 15 is 0 Å². The van der Waals surface area contributed by atoms with E-state index < -0.39 is 17.5 Å². The number of aliphatic carboxylic acids is 1. The van der Waals surface area contributed by atoms with Crippen molar-refractivity contribution in [1.82, 2.24) is 0 Å². The summed E-state index contributed by atoms with van der Waals surface area (Å²) in [4.78, 5) is 11.2. The van der Waals surface area contributed by atoms with Gasteiger partial charge in [0.1, 0.15) is 0 Å². The fraction of sp³-hybridized carbons (Fsp3) is 0.300. The molecule has 5 N–H and O–H groups in total. The fourth-order valence-electron chi connectivity index (χ4n) is 4.07. The Kier molecular flexibility index (Phi) is 3.95. The van der Waals surface area contributed by atoms with Crippen molar-refractivity contribution in [3.05, 3.63) is 29.8 Å². The van der Waals surface area contributed by atoms with Gasteiger partial charge in [0.2, 0.25) is 0 Å². The molecule has 7 nitrogen and oxygen atoms in total. The van der Waals surface area contributed by atoms with Crippen LogP contribution in [0.25, 0.3) is 21.9 Å². The predicted octanol–water partition coefficient (Wildman–Crippen LogP) is 4.05. The van der Waals surface area contributed by atoms with E-state index in [1.165, 1.54) is 12.1 Å². The first kappa shape index (κ1) is 17.2. The van der Waals surface area contributed by atoms with Gasteiger partial charge < -0.3 is 25.5 Å². The monoisotopic (exact) mass is 371 g/mol. The largest absolute Gasteiger partial charge is 0.504 e. The molecule has 1 saturated carbocycles. The minimum absolute atomic E-state index is 0.00474. The Hall–Kier alpha value is -3.22. The van der Waals surface area contributed by atoms with Gasteiger partial charge in [-0.15, -0.1) is 0 Å². The molecule has 140 valence electrons.